The molecule has 0 aliphatic rings. The van der Waals surface area contributed by atoms with Gasteiger partial charge in [0.05, 0.1) is 18.2 Å². The first kappa shape index (κ1) is 12.0. The van der Waals surface area contributed by atoms with Crippen LogP contribution in [0.5, 0.6) is 5.75 Å². The van der Waals surface area contributed by atoms with E-state index in [1.54, 1.807) is 18.0 Å². The van der Waals surface area contributed by atoms with Crippen molar-refractivity contribution in [2.24, 2.45) is 0 Å². The van der Waals surface area contributed by atoms with Crippen LogP contribution in [0.4, 0.5) is 5.82 Å². The smallest absolute Gasteiger partial charge is 0.165 e. The van der Waals surface area contributed by atoms with E-state index in [-0.39, 0.29) is 0 Å². The fraction of sp³-hybridized carbons (Fsp3) is 0.0769. The Kier molecular flexibility index (Phi) is 2.87. The number of nitrogens with zero attached hydrogens (tertiary/aromatic N) is 3. The summed E-state index contributed by atoms with van der Waals surface area (Å²) in [4.78, 5) is 4.37. The van der Waals surface area contributed by atoms with Gasteiger partial charge < -0.3 is 10.5 Å². The molecule has 0 unspecified atom stereocenters. The molecule has 0 amide bonds. The molecular formula is C13H11BrN4O. The number of halogens is 1. The first-order chi connectivity index (χ1) is 9.19. The average Bonchev–Trinajstić information content (AvgIpc) is 2.76. The third-order valence-electron chi connectivity index (χ3n) is 2.82. The zero-order valence-corrected chi connectivity index (χ0v) is 11.8. The number of hydrogen-bond donors (Lipinski definition) is 1. The van der Waals surface area contributed by atoms with Crippen LogP contribution in [-0.4, -0.2) is 21.9 Å². The Morgan fingerprint density at radius 2 is 2.16 bits per heavy atom. The quantitative estimate of drug-likeness (QED) is 0.789. The summed E-state index contributed by atoms with van der Waals surface area (Å²) in [6, 6.07) is 9.49. The number of methoxy groups -OCH3 is 1. The number of aromatic nitrogens is 3. The molecule has 0 aliphatic heterocycles. The first-order valence-electron chi connectivity index (χ1n) is 5.63. The highest BCUT2D eigenvalue weighted by Crippen LogP contribution is 2.26. The van der Waals surface area contributed by atoms with E-state index in [0.717, 1.165) is 21.3 Å². The largest absolute Gasteiger partial charge is 0.497 e. The molecule has 0 fully saturated rings. The maximum absolute atomic E-state index is 5.93. The molecule has 0 radical (unpaired) electrons. The zero-order chi connectivity index (χ0) is 13.4. The van der Waals surface area contributed by atoms with E-state index in [4.69, 9.17) is 10.5 Å². The predicted octanol–water partition coefficient (Wildman–Crippen LogP) is 2.77. The summed E-state index contributed by atoms with van der Waals surface area (Å²) in [6.45, 7) is 0. The van der Waals surface area contributed by atoms with E-state index in [9.17, 15) is 0 Å². The number of ether oxygens (including phenoxy) is 1. The van der Waals surface area contributed by atoms with E-state index < -0.39 is 0 Å². The van der Waals surface area contributed by atoms with Crippen LogP contribution >= 0.6 is 15.9 Å². The van der Waals surface area contributed by atoms with Gasteiger partial charge in [-0.2, -0.15) is 0 Å². The summed E-state index contributed by atoms with van der Waals surface area (Å²) < 4.78 is 7.79. The minimum Gasteiger partial charge on any atom is -0.497 e. The minimum atomic E-state index is 0.451. The molecule has 1 aromatic carbocycles. The molecule has 0 saturated carbocycles. The van der Waals surface area contributed by atoms with Crippen molar-refractivity contribution >= 4 is 32.8 Å². The van der Waals surface area contributed by atoms with Crippen molar-refractivity contribution < 1.29 is 4.74 Å². The second-order valence-electron chi connectivity index (χ2n) is 4.02. The number of hydrogen-bond acceptors (Lipinski definition) is 4. The van der Waals surface area contributed by atoms with Gasteiger partial charge in [0.15, 0.2) is 11.5 Å². The number of nitrogen functional groups attached to an aromatic ring is 1. The van der Waals surface area contributed by atoms with Gasteiger partial charge in [-0.1, -0.05) is 6.07 Å². The number of nitrogens with two attached hydrogens (primary N) is 1. The molecular weight excluding hydrogens is 308 g/mol. The van der Waals surface area contributed by atoms with E-state index in [2.05, 4.69) is 26.0 Å². The van der Waals surface area contributed by atoms with Gasteiger partial charge in [-0.15, -0.1) is 5.10 Å². The van der Waals surface area contributed by atoms with Gasteiger partial charge in [-0.3, -0.25) is 0 Å². The average molecular weight is 319 g/mol. The van der Waals surface area contributed by atoms with Crippen molar-refractivity contribution in [1.82, 2.24) is 14.8 Å². The molecule has 0 atom stereocenters. The number of fused-ring (bicyclic) bond motifs is 1. The normalized spacial score (nSPS) is 10.8. The molecule has 0 saturated heterocycles. The van der Waals surface area contributed by atoms with Crippen LogP contribution in [0, 0.1) is 0 Å². The zero-order valence-electron chi connectivity index (χ0n) is 10.2. The highest BCUT2D eigenvalue weighted by Gasteiger charge is 2.11. The molecule has 2 heterocycles. The summed E-state index contributed by atoms with van der Waals surface area (Å²) in [5.74, 6) is 1.21. The van der Waals surface area contributed by atoms with E-state index in [1.165, 1.54) is 0 Å². The van der Waals surface area contributed by atoms with Crippen molar-refractivity contribution in [1.29, 1.82) is 0 Å². The lowest BCUT2D eigenvalue weighted by molar-refractivity contribution is 0.414. The highest BCUT2D eigenvalue weighted by molar-refractivity contribution is 9.10. The summed E-state index contributed by atoms with van der Waals surface area (Å²) in [5, 5.41) is 5.15. The number of benzene rings is 1. The molecule has 0 aliphatic carbocycles. The summed E-state index contributed by atoms with van der Waals surface area (Å²) in [7, 11) is 1.63. The van der Waals surface area contributed by atoms with Gasteiger partial charge in [-0.05, 0) is 34.1 Å². The SMILES string of the molecule is COc1cccc(-n2nc(N)c3cc(Br)cnc32)c1. The minimum absolute atomic E-state index is 0.451. The van der Waals surface area contributed by atoms with Gasteiger partial charge in [0.2, 0.25) is 0 Å². The Labute approximate surface area is 118 Å². The van der Waals surface area contributed by atoms with Crippen LogP contribution in [0.2, 0.25) is 0 Å². The van der Waals surface area contributed by atoms with Crippen molar-refractivity contribution in [3.05, 3.63) is 41.0 Å². The summed E-state index contributed by atoms with van der Waals surface area (Å²) >= 11 is 3.38. The molecule has 3 aromatic rings. The molecule has 19 heavy (non-hydrogen) atoms. The predicted molar refractivity (Wildman–Crippen MR) is 77.5 cm³/mol. The van der Waals surface area contributed by atoms with Crippen LogP contribution in [0.25, 0.3) is 16.7 Å². The van der Waals surface area contributed by atoms with E-state index >= 15 is 0 Å². The van der Waals surface area contributed by atoms with Gasteiger partial charge in [0.25, 0.3) is 0 Å². The Morgan fingerprint density at radius 1 is 1.32 bits per heavy atom. The molecule has 0 spiro atoms. The van der Waals surface area contributed by atoms with Crippen molar-refractivity contribution in [3.8, 4) is 11.4 Å². The highest BCUT2D eigenvalue weighted by atomic mass is 79.9. The van der Waals surface area contributed by atoms with Crippen LogP contribution < -0.4 is 10.5 Å². The maximum atomic E-state index is 5.93. The second kappa shape index (κ2) is 4.55. The summed E-state index contributed by atoms with van der Waals surface area (Å²) in [6.07, 6.45) is 1.72. The van der Waals surface area contributed by atoms with Crippen LogP contribution in [-0.2, 0) is 0 Å². The fourth-order valence-electron chi connectivity index (χ4n) is 1.92. The second-order valence-corrected chi connectivity index (χ2v) is 4.94. The van der Waals surface area contributed by atoms with Gasteiger partial charge in [0.1, 0.15) is 5.75 Å². The Balaban J connectivity index is 2.25. The van der Waals surface area contributed by atoms with Crippen LogP contribution in [0.15, 0.2) is 41.0 Å². The lowest BCUT2D eigenvalue weighted by Crippen LogP contribution is -1.98. The summed E-state index contributed by atoms with van der Waals surface area (Å²) in [5.41, 5.74) is 7.50. The molecule has 2 N–H and O–H groups in total. The molecule has 96 valence electrons. The molecule has 3 rings (SSSR count). The first-order valence-corrected chi connectivity index (χ1v) is 6.42. The van der Waals surface area contributed by atoms with Crippen LogP contribution in [0.3, 0.4) is 0 Å². The van der Waals surface area contributed by atoms with E-state index in [0.29, 0.717) is 11.5 Å². The fourth-order valence-corrected chi connectivity index (χ4v) is 2.25. The van der Waals surface area contributed by atoms with Gasteiger partial charge in [0, 0.05) is 16.7 Å². The Bertz CT molecular complexity index is 753. The van der Waals surface area contributed by atoms with Gasteiger partial charge in [-0.25, -0.2) is 9.67 Å². The number of anilines is 1. The van der Waals surface area contributed by atoms with E-state index in [1.807, 2.05) is 30.3 Å². The lowest BCUT2D eigenvalue weighted by Gasteiger charge is -2.05. The Morgan fingerprint density at radius 3 is 2.95 bits per heavy atom. The number of rotatable bonds is 2. The van der Waals surface area contributed by atoms with Crippen molar-refractivity contribution in [2.45, 2.75) is 0 Å². The third-order valence-corrected chi connectivity index (χ3v) is 3.25. The monoisotopic (exact) mass is 318 g/mol. The molecule has 5 nitrogen and oxygen atoms in total. The van der Waals surface area contributed by atoms with Crippen LogP contribution in [0.1, 0.15) is 0 Å². The molecule has 0 bridgehead atoms. The molecule has 6 heteroatoms. The Hall–Kier alpha value is -2.08. The van der Waals surface area contributed by atoms with Gasteiger partial charge >= 0.3 is 0 Å². The lowest BCUT2D eigenvalue weighted by atomic mass is 10.3. The number of pyridine rings is 1. The van der Waals surface area contributed by atoms with Crippen molar-refractivity contribution in [2.75, 3.05) is 12.8 Å². The topological polar surface area (TPSA) is 66.0 Å². The molecule has 2 aromatic heterocycles. The third kappa shape index (κ3) is 2.04. The standard InChI is InChI=1S/C13H11BrN4O/c1-19-10-4-2-3-9(6-10)18-13-11(12(15)17-18)5-8(14)7-16-13/h2-7H,1H3,(H2,15,17). The van der Waals surface area contributed by atoms with Crippen molar-refractivity contribution in [3.63, 3.8) is 0 Å². The maximum Gasteiger partial charge on any atom is 0.165 e.